The highest BCUT2D eigenvalue weighted by Crippen LogP contribution is 2.22. The van der Waals surface area contributed by atoms with Gasteiger partial charge in [0.25, 0.3) is 5.91 Å². The summed E-state index contributed by atoms with van der Waals surface area (Å²) >= 11 is 0. The number of carbonyl (C=O) groups excluding carboxylic acids is 1. The van der Waals surface area contributed by atoms with E-state index < -0.39 is 23.5 Å². The number of rotatable bonds is 7. The van der Waals surface area contributed by atoms with Crippen LogP contribution >= 0.6 is 0 Å². The molecule has 5 nitrogen and oxygen atoms in total. The second-order valence-corrected chi connectivity index (χ2v) is 4.32. The van der Waals surface area contributed by atoms with E-state index in [0.717, 1.165) is 18.9 Å². The van der Waals surface area contributed by atoms with Crippen molar-refractivity contribution in [2.45, 2.75) is 32.8 Å². The van der Waals surface area contributed by atoms with Crippen molar-refractivity contribution in [1.29, 1.82) is 0 Å². The van der Waals surface area contributed by atoms with Crippen LogP contribution in [0, 0.1) is 5.82 Å². The third kappa shape index (κ3) is 4.22. The standard InChI is InChI=1S/C14H18FNO4/c1-3-4-8-16-13(17)9(2)20-11-7-5-6-10(15)12(11)14(18)19/h5-7,9H,3-4,8H2,1-2H3,(H,16,17)(H,18,19). The Labute approximate surface area is 116 Å². The largest absolute Gasteiger partial charge is 0.480 e. The number of carboxylic acid groups (broad SMARTS) is 1. The van der Waals surface area contributed by atoms with Crippen molar-refractivity contribution in [2.24, 2.45) is 0 Å². The summed E-state index contributed by atoms with van der Waals surface area (Å²) in [6, 6.07) is 3.68. The van der Waals surface area contributed by atoms with Gasteiger partial charge in [-0.15, -0.1) is 0 Å². The van der Waals surface area contributed by atoms with E-state index in [0.29, 0.717) is 6.54 Å². The molecule has 0 saturated heterocycles. The molecule has 0 aliphatic rings. The van der Waals surface area contributed by atoms with Crippen LogP contribution in [0.25, 0.3) is 0 Å². The first kappa shape index (κ1) is 15.9. The Hall–Kier alpha value is -2.11. The number of amides is 1. The number of hydrogen-bond acceptors (Lipinski definition) is 3. The van der Waals surface area contributed by atoms with Gasteiger partial charge in [0, 0.05) is 6.54 Å². The molecule has 1 amide bonds. The smallest absolute Gasteiger partial charge is 0.342 e. The number of nitrogens with one attached hydrogen (secondary N) is 1. The lowest BCUT2D eigenvalue weighted by molar-refractivity contribution is -0.127. The van der Waals surface area contributed by atoms with Gasteiger partial charge in [-0.25, -0.2) is 9.18 Å². The molecule has 1 atom stereocenters. The summed E-state index contributed by atoms with van der Waals surface area (Å²) in [5.74, 6) is -2.85. The summed E-state index contributed by atoms with van der Waals surface area (Å²) in [4.78, 5) is 22.7. The van der Waals surface area contributed by atoms with E-state index in [1.54, 1.807) is 0 Å². The highest BCUT2D eigenvalue weighted by Gasteiger charge is 2.21. The van der Waals surface area contributed by atoms with Crippen LogP contribution in [0.3, 0.4) is 0 Å². The van der Waals surface area contributed by atoms with Crippen LogP contribution in [-0.4, -0.2) is 29.6 Å². The first-order valence-corrected chi connectivity index (χ1v) is 6.43. The van der Waals surface area contributed by atoms with Crippen LogP contribution in [0.1, 0.15) is 37.0 Å². The molecule has 6 heteroatoms. The Morgan fingerprint density at radius 2 is 2.15 bits per heavy atom. The van der Waals surface area contributed by atoms with Crippen molar-refractivity contribution < 1.29 is 23.8 Å². The van der Waals surface area contributed by atoms with E-state index in [-0.39, 0.29) is 11.7 Å². The quantitative estimate of drug-likeness (QED) is 0.752. The maximum atomic E-state index is 13.4. The van der Waals surface area contributed by atoms with Crippen LogP contribution < -0.4 is 10.1 Å². The van der Waals surface area contributed by atoms with Gasteiger partial charge in [0.1, 0.15) is 17.1 Å². The maximum absolute atomic E-state index is 13.4. The molecule has 1 aromatic rings. The molecule has 0 bridgehead atoms. The molecule has 0 radical (unpaired) electrons. The predicted molar refractivity (Wildman–Crippen MR) is 71.4 cm³/mol. The summed E-state index contributed by atoms with van der Waals surface area (Å²) in [7, 11) is 0. The number of aromatic carboxylic acids is 1. The summed E-state index contributed by atoms with van der Waals surface area (Å²) < 4.78 is 18.7. The highest BCUT2D eigenvalue weighted by molar-refractivity contribution is 5.91. The lowest BCUT2D eigenvalue weighted by Gasteiger charge is -2.16. The number of benzene rings is 1. The van der Waals surface area contributed by atoms with E-state index in [1.807, 2.05) is 6.92 Å². The number of carbonyl (C=O) groups is 2. The second-order valence-electron chi connectivity index (χ2n) is 4.32. The lowest BCUT2D eigenvalue weighted by Crippen LogP contribution is -2.37. The number of carboxylic acids is 1. The van der Waals surface area contributed by atoms with Gasteiger partial charge in [-0.2, -0.15) is 0 Å². The Kier molecular flexibility index (Phi) is 5.96. The van der Waals surface area contributed by atoms with E-state index in [9.17, 15) is 14.0 Å². The fourth-order valence-electron chi connectivity index (χ4n) is 1.59. The van der Waals surface area contributed by atoms with Gasteiger partial charge >= 0.3 is 5.97 Å². The molecule has 1 rings (SSSR count). The zero-order valence-corrected chi connectivity index (χ0v) is 11.5. The predicted octanol–water partition coefficient (Wildman–Crippen LogP) is 2.21. The molecule has 2 N–H and O–H groups in total. The van der Waals surface area contributed by atoms with Crippen LogP contribution in [-0.2, 0) is 4.79 Å². The van der Waals surface area contributed by atoms with E-state index >= 15 is 0 Å². The molecule has 20 heavy (non-hydrogen) atoms. The number of unbranched alkanes of at least 4 members (excludes halogenated alkanes) is 1. The summed E-state index contributed by atoms with van der Waals surface area (Å²) in [5.41, 5.74) is -0.569. The van der Waals surface area contributed by atoms with Gasteiger partial charge in [-0.1, -0.05) is 19.4 Å². The SMILES string of the molecule is CCCCNC(=O)C(C)Oc1cccc(F)c1C(=O)O. The summed E-state index contributed by atoms with van der Waals surface area (Å²) in [6.45, 7) is 4.01. The minimum Gasteiger partial charge on any atom is -0.480 e. The Morgan fingerprint density at radius 1 is 1.45 bits per heavy atom. The fourth-order valence-corrected chi connectivity index (χ4v) is 1.59. The van der Waals surface area contributed by atoms with Crippen molar-refractivity contribution in [3.8, 4) is 5.75 Å². The molecular weight excluding hydrogens is 265 g/mol. The van der Waals surface area contributed by atoms with Gasteiger partial charge in [-0.3, -0.25) is 4.79 Å². The van der Waals surface area contributed by atoms with Crippen molar-refractivity contribution in [3.63, 3.8) is 0 Å². The third-order valence-corrected chi connectivity index (χ3v) is 2.69. The van der Waals surface area contributed by atoms with E-state index in [4.69, 9.17) is 9.84 Å². The Bertz CT molecular complexity index is 490. The summed E-state index contributed by atoms with van der Waals surface area (Å²) in [6.07, 6.45) is 0.897. The van der Waals surface area contributed by atoms with E-state index in [1.165, 1.54) is 19.1 Å². The number of hydrogen-bond donors (Lipinski definition) is 2. The number of halogens is 1. The fraction of sp³-hybridized carbons (Fsp3) is 0.429. The van der Waals surface area contributed by atoms with Gasteiger partial charge in [0.05, 0.1) is 0 Å². The normalized spacial score (nSPS) is 11.8. The van der Waals surface area contributed by atoms with Crippen molar-refractivity contribution in [3.05, 3.63) is 29.6 Å². The highest BCUT2D eigenvalue weighted by atomic mass is 19.1. The maximum Gasteiger partial charge on any atom is 0.342 e. The molecule has 0 aliphatic heterocycles. The third-order valence-electron chi connectivity index (χ3n) is 2.69. The van der Waals surface area contributed by atoms with Gasteiger partial charge in [-0.05, 0) is 25.5 Å². The molecular formula is C14H18FNO4. The molecule has 0 heterocycles. The summed E-state index contributed by atoms with van der Waals surface area (Å²) in [5, 5.41) is 11.6. The first-order chi connectivity index (χ1) is 9.47. The monoisotopic (exact) mass is 283 g/mol. The van der Waals surface area contributed by atoms with Crippen LogP contribution in [0.15, 0.2) is 18.2 Å². The Balaban J connectivity index is 2.75. The average molecular weight is 283 g/mol. The van der Waals surface area contributed by atoms with Crippen LogP contribution in [0.5, 0.6) is 5.75 Å². The molecule has 1 unspecified atom stereocenters. The topological polar surface area (TPSA) is 75.6 Å². The minimum atomic E-state index is -1.43. The van der Waals surface area contributed by atoms with Gasteiger partial charge in [0.2, 0.25) is 0 Å². The van der Waals surface area contributed by atoms with Crippen LogP contribution in [0.4, 0.5) is 4.39 Å². The molecule has 0 aromatic heterocycles. The van der Waals surface area contributed by atoms with Crippen LogP contribution in [0.2, 0.25) is 0 Å². The van der Waals surface area contributed by atoms with Gasteiger partial charge in [0.15, 0.2) is 6.10 Å². The lowest BCUT2D eigenvalue weighted by atomic mass is 10.2. The molecule has 0 aliphatic carbocycles. The van der Waals surface area contributed by atoms with Crippen molar-refractivity contribution in [1.82, 2.24) is 5.32 Å². The average Bonchev–Trinajstić information content (AvgIpc) is 2.38. The molecule has 0 saturated carbocycles. The van der Waals surface area contributed by atoms with Crippen molar-refractivity contribution in [2.75, 3.05) is 6.54 Å². The number of ether oxygens (including phenoxy) is 1. The van der Waals surface area contributed by atoms with Gasteiger partial charge < -0.3 is 15.2 Å². The molecule has 0 fully saturated rings. The molecule has 0 spiro atoms. The molecule has 1 aromatic carbocycles. The molecule has 110 valence electrons. The zero-order chi connectivity index (χ0) is 15.1. The zero-order valence-electron chi connectivity index (χ0n) is 11.5. The van der Waals surface area contributed by atoms with Crippen molar-refractivity contribution >= 4 is 11.9 Å². The minimum absolute atomic E-state index is 0.157. The van der Waals surface area contributed by atoms with E-state index in [2.05, 4.69) is 5.32 Å². The second kappa shape index (κ2) is 7.47. The Morgan fingerprint density at radius 3 is 2.75 bits per heavy atom. The first-order valence-electron chi connectivity index (χ1n) is 6.43.